The van der Waals surface area contributed by atoms with E-state index in [1.165, 1.54) is 23.4 Å². The normalized spacial score (nSPS) is 17.1. The number of aromatic nitrogens is 1. The second-order valence-electron chi connectivity index (χ2n) is 5.73. The topological polar surface area (TPSA) is 34.1 Å². The summed E-state index contributed by atoms with van der Waals surface area (Å²) in [5, 5.41) is 4.75. The molecule has 0 amide bonds. The zero-order valence-corrected chi connectivity index (χ0v) is 13.3. The molecular formula is C15H26N2OS. The van der Waals surface area contributed by atoms with Crippen LogP contribution in [0.15, 0.2) is 0 Å². The minimum atomic E-state index is 0.135. The number of hydrogen-bond acceptors (Lipinski definition) is 4. The van der Waals surface area contributed by atoms with Crippen molar-refractivity contribution < 1.29 is 4.74 Å². The van der Waals surface area contributed by atoms with Crippen molar-refractivity contribution in [2.75, 3.05) is 7.11 Å². The quantitative estimate of drug-likeness (QED) is 0.789. The van der Waals surface area contributed by atoms with Crippen LogP contribution in [0, 0.1) is 5.92 Å². The summed E-state index contributed by atoms with van der Waals surface area (Å²) < 4.78 is 5.61. The highest BCUT2D eigenvalue weighted by Crippen LogP contribution is 2.32. The molecule has 19 heavy (non-hydrogen) atoms. The number of methoxy groups -OCH3 is 1. The zero-order chi connectivity index (χ0) is 13.8. The van der Waals surface area contributed by atoms with E-state index in [9.17, 15) is 0 Å². The molecule has 0 saturated heterocycles. The van der Waals surface area contributed by atoms with E-state index in [4.69, 9.17) is 9.72 Å². The maximum Gasteiger partial charge on any atom is 0.122 e. The Balaban J connectivity index is 2.12. The molecule has 0 spiro atoms. The van der Waals surface area contributed by atoms with E-state index in [0.717, 1.165) is 30.4 Å². The van der Waals surface area contributed by atoms with Crippen LogP contribution in [0.5, 0.6) is 0 Å². The van der Waals surface area contributed by atoms with E-state index in [1.807, 2.05) is 11.3 Å². The van der Waals surface area contributed by atoms with Crippen molar-refractivity contribution >= 4 is 11.3 Å². The molecule has 0 aromatic carbocycles. The van der Waals surface area contributed by atoms with Gasteiger partial charge in [0.05, 0.1) is 5.69 Å². The van der Waals surface area contributed by atoms with E-state index in [-0.39, 0.29) is 6.10 Å². The summed E-state index contributed by atoms with van der Waals surface area (Å²) in [6.45, 7) is 7.58. The van der Waals surface area contributed by atoms with E-state index in [0.29, 0.717) is 5.92 Å². The average Bonchev–Trinajstić information content (AvgIpc) is 3.11. The van der Waals surface area contributed by atoms with Gasteiger partial charge >= 0.3 is 0 Å². The van der Waals surface area contributed by atoms with Gasteiger partial charge in [-0.2, -0.15) is 0 Å². The summed E-state index contributed by atoms with van der Waals surface area (Å²) in [4.78, 5) is 6.25. The van der Waals surface area contributed by atoms with Crippen molar-refractivity contribution in [1.29, 1.82) is 0 Å². The Kier molecular flexibility index (Phi) is 5.37. The second kappa shape index (κ2) is 6.82. The van der Waals surface area contributed by atoms with E-state index >= 15 is 0 Å². The summed E-state index contributed by atoms with van der Waals surface area (Å²) >= 11 is 1.83. The molecule has 4 heteroatoms. The summed E-state index contributed by atoms with van der Waals surface area (Å²) in [7, 11) is 1.79. The number of nitrogens with one attached hydrogen (secondary N) is 1. The van der Waals surface area contributed by atoms with Gasteiger partial charge in [0.15, 0.2) is 0 Å². The van der Waals surface area contributed by atoms with Crippen molar-refractivity contribution in [2.24, 2.45) is 5.92 Å². The Hall–Kier alpha value is -0.450. The van der Waals surface area contributed by atoms with Crippen LogP contribution >= 0.6 is 11.3 Å². The van der Waals surface area contributed by atoms with Crippen molar-refractivity contribution in [2.45, 2.75) is 65.1 Å². The Bertz CT molecular complexity index is 399. The second-order valence-corrected chi connectivity index (χ2v) is 6.84. The first-order valence-electron chi connectivity index (χ1n) is 7.40. The summed E-state index contributed by atoms with van der Waals surface area (Å²) in [6.07, 6.45) is 5.03. The Labute approximate surface area is 120 Å². The monoisotopic (exact) mass is 282 g/mol. The van der Waals surface area contributed by atoms with Gasteiger partial charge < -0.3 is 10.1 Å². The molecule has 0 bridgehead atoms. The molecule has 0 aliphatic heterocycles. The third-order valence-electron chi connectivity index (χ3n) is 3.51. The Morgan fingerprint density at radius 3 is 2.68 bits per heavy atom. The highest BCUT2D eigenvalue weighted by atomic mass is 32.1. The largest absolute Gasteiger partial charge is 0.374 e. The van der Waals surface area contributed by atoms with Crippen LogP contribution in [0.4, 0.5) is 0 Å². The molecule has 1 unspecified atom stereocenters. The van der Waals surface area contributed by atoms with Gasteiger partial charge in [-0.25, -0.2) is 4.98 Å². The standard InChI is InChI=1S/C15H26N2OS/c1-5-6-12-13(9-16-11-7-8-11)19-15(17-12)14(18-4)10(2)3/h10-11,14,16H,5-9H2,1-4H3. The number of nitrogens with zero attached hydrogens (tertiary/aromatic N) is 1. The highest BCUT2D eigenvalue weighted by molar-refractivity contribution is 7.11. The van der Waals surface area contributed by atoms with Crippen LogP contribution < -0.4 is 5.32 Å². The first-order chi connectivity index (χ1) is 9.15. The molecule has 1 atom stereocenters. The van der Waals surface area contributed by atoms with Gasteiger partial charge in [-0.15, -0.1) is 11.3 Å². The molecular weight excluding hydrogens is 256 g/mol. The SMILES string of the molecule is CCCc1nc(C(OC)C(C)C)sc1CNC1CC1. The summed E-state index contributed by atoms with van der Waals surface area (Å²) in [5.41, 5.74) is 1.28. The first-order valence-corrected chi connectivity index (χ1v) is 8.22. The first kappa shape index (κ1) is 14.9. The highest BCUT2D eigenvalue weighted by Gasteiger charge is 2.24. The van der Waals surface area contributed by atoms with Crippen molar-refractivity contribution in [3.05, 3.63) is 15.6 Å². The van der Waals surface area contributed by atoms with Crippen molar-refractivity contribution in [3.8, 4) is 0 Å². The van der Waals surface area contributed by atoms with Crippen LogP contribution in [0.1, 0.15) is 61.7 Å². The number of ether oxygens (including phenoxy) is 1. The molecule has 1 saturated carbocycles. The van der Waals surface area contributed by atoms with E-state index < -0.39 is 0 Å². The van der Waals surface area contributed by atoms with Crippen molar-refractivity contribution in [1.82, 2.24) is 10.3 Å². The molecule has 2 rings (SSSR count). The lowest BCUT2D eigenvalue weighted by molar-refractivity contribution is 0.0643. The molecule has 1 aromatic rings. The number of hydrogen-bond donors (Lipinski definition) is 1. The molecule has 1 aromatic heterocycles. The zero-order valence-electron chi connectivity index (χ0n) is 12.5. The van der Waals surface area contributed by atoms with Gasteiger partial charge in [0.25, 0.3) is 0 Å². The lowest BCUT2D eigenvalue weighted by atomic mass is 10.1. The number of rotatable bonds is 8. The molecule has 0 radical (unpaired) electrons. The van der Waals surface area contributed by atoms with E-state index in [1.54, 1.807) is 7.11 Å². The van der Waals surface area contributed by atoms with Crippen LogP contribution in [0.2, 0.25) is 0 Å². The predicted molar refractivity (Wildman–Crippen MR) is 80.6 cm³/mol. The van der Waals surface area contributed by atoms with Crippen LogP contribution in [0.25, 0.3) is 0 Å². The molecule has 1 fully saturated rings. The fourth-order valence-corrected chi connectivity index (χ4v) is 3.59. The molecule has 108 valence electrons. The Morgan fingerprint density at radius 1 is 1.42 bits per heavy atom. The fourth-order valence-electron chi connectivity index (χ4n) is 2.28. The summed E-state index contributed by atoms with van der Waals surface area (Å²) in [5.74, 6) is 0.467. The van der Waals surface area contributed by atoms with E-state index in [2.05, 4.69) is 26.1 Å². The number of aryl methyl sites for hydroxylation is 1. The average molecular weight is 282 g/mol. The third kappa shape index (κ3) is 4.01. The maximum atomic E-state index is 5.61. The third-order valence-corrected chi connectivity index (χ3v) is 4.67. The van der Waals surface area contributed by atoms with Gasteiger partial charge in [-0.1, -0.05) is 27.2 Å². The van der Waals surface area contributed by atoms with Crippen LogP contribution in [-0.2, 0) is 17.7 Å². The van der Waals surface area contributed by atoms with Crippen molar-refractivity contribution in [3.63, 3.8) is 0 Å². The fraction of sp³-hybridized carbons (Fsp3) is 0.800. The molecule has 3 nitrogen and oxygen atoms in total. The minimum Gasteiger partial charge on any atom is -0.374 e. The van der Waals surface area contributed by atoms with Gasteiger partial charge in [0.1, 0.15) is 11.1 Å². The lowest BCUT2D eigenvalue weighted by Crippen LogP contribution is -2.15. The smallest absolute Gasteiger partial charge is 0.122 e. The van der Waals surface area contributed by atoms with Crippen LogP contribution in [0.3, 0.4) is 0 Å². The maximum absolute atomic E-state index is 5.61. The minimum absolute atomic E-state index is 0.135. The summed E-state index contributed by atoms with van der Waals surface area (Å²) in [6, 6.07) is 0.753. The molecule has 1 aliphatic rings. The lowest BCUT2D eigenvalue weighted by Gasteiger charge is -2.16. The van der Waals surface area contributed by atoms with Gasteiger partial charge in [0, 0.05) is 24.6 Å². The number of thiazole rings is 1. The van der Waals surface area contributed by atoms with Gasteiger partial charge in [0.2, 0.25) is 0 Å². The Morgan fingerprint density at radius 2 is 2.16 bits per heavy atom. The molecule has 1 aliphatic carbocycles. The predicted octanol–water partition coefficient (Wildman–Crippen LogP) is 3.69. The molecule has 1 heterocycles. The van der Waals surface area contributed by atoms with Gasteiger partial charge in [-0.3, -0.25) is 0 Å². The van der Waals surface area contributed by atoms with Crippen LogP contribution in [-0.4, -0.2) is 18.1 Å². The van der Waals surface area contributed by atoms with Gasteiger partial charge in [-0.05, 0) is 25.2 Å². The molecule has 1 N–H and O–H groups in total.